The van der Waals surface area contributed by atoms with Crippen molar-refractivity contribution >= 4 is 22.7 Å². The lowest BCUT2D eigenvalue weighted by molar-refractivity contribution is 0.185. The molecule has 3 aromatic heterocycles. The number of anilines is 2. The summed E-state index contributed by atoms with van der Waals surface area (Å²) in [5.41, 5.74) is 5.15. The Morgan fingerprint density at radius 1 is 1.11 bits per heavy atom. The number of rotatable bonds is 6. The quantitative estimate of drug-likeness (QED) is 0.434. The van der Waals surface area contributed by atoms with E-state index in [1.807, 2.05) is 21.5 Å². The van der Waals surface area contributed by atoms with Crippen molar-refractivity contribution in [3.05, 3.63) is 69.8 Å². The highest BCUT2D eigenvalue weighted by atomic mass is 16.5. The molecular formula is C27H29N7O2. The topological polar surface area (TPSA) is 98.9 Å². The Bertz CT molecular complexity index is 1500. The lowest BCUT2D eigenvalue weighted by Gasteiger charge is -2.18. The summed E-state index contributed by atoms with van der Waals surface area (Å²) >= 11 is 0. The second-order valence-electron chi connectivity index (χ2n) is 10.1. The van der Waals surface area contributed by atoms with Gasteiger partial charge in [-0.1, -0.05) is 12.1 Å². The third kappa shape index (κ3) is 3.98. The van der Waals surface area contributed by atoms with Gasteiger partial charge in [0.2, 0.25) is 5.95 Å². The van der Waals surface area contributed by atoms with Crippen molar-refractivity contribution in [2.45, 2.75) is 44.7 Å². The number of nitrogens with zero attached hydrogens (tertiary/aromatic N) is 5. The fourth-order valence-electron chi connectivity index (χ4n) is 5.35. The molecular weight excluding hydrogens is 454 g/mol. The van der Waals surface area contributed by atoms with Gasteiger partial charge in [0.05, 0.1) is 6.04 Å². The van der Waals surface area contributed by atoms with Gasteiger partial charge in [-0.15, -0.1) is 0 Å². The van der Waals surface area contributed by atoms with Crippen LogP contribution in [0, 0.1) is 5.92 Å². The number of fused-ring (bicyclic) bond motifs is 2. The fraction of sp³-hybridized carbons (Fsp3) is 0.407. The van der Waals surface area contributed by atoms with E-state index in [2.05, 4.69) is 39.9 Å². The van der Waals surface area contributed by atoms with Crippen LogP contribution in [0.4, 0.5) is 11.6 Å². The first kappa shape index (κ1) is 21.7. The molecule has 1 saturated heterocycles. The molecule has 1 unspecified atom stereocenters. The number of ether oxygens (including phenoxy) is 1. The molecule has 36 heavy (non-hydrogen) atoms. The monoisotopic (exact) mass is 483 g/mol. The third-order valence-corrected chi connectivity index (χ3v) is 7.40. The molecule has 3 aliphatic rings. The van der Waals surface area contributed by atoms with Gasteiger partial charge in [-0.05, 0) is 80.0 Å². The Balaban J connectivity index is 1.28. The highest BCUT2D eigenvalue weighted by Gasteiger charge is 2.31. The van der Waals surface area contributed by atoms with Crippen molar-refractivity contribution in [1.29, 1.82) is 0 Å². The lowest BCUT2D eigenvalue weighted by Crippen LogP contribution is -2.23. The van der Waals surface area contributed by atoms with Crippen LogP contribution in [-0.2, 0) is 24.1 Å². The molecule has 0 bridgehead atoms. The second-order valence-corrected chi connectivity index (χ2v) is 10.1. The maximum atomic E-state index is 13.4. The summed E-state index contributed by atoms with van der Waals surface area (Å²) < 4.78 is 9.27. The van der Waals surface area contributed by atoms with Gasteiger partial charge >= 0.3 is 0 Å². The van der Waals surface area contributed by atoms with E-state index in [9.17, 15) is 4.79 Å². The normalized spacial score (nSPS) is 19.5. The molecule has 4 aromatic rings. The summed E-state index contributed by atoms with van der Waals surface area (Å²) in [7, 11) is 0. The predicted molar refractivity (Wildman–Crippen MR) is 137 cm³/mol. The van der Waals surface area contributed by atoms with Gasteiger partial charge in [-0.3, -0.25) is 4.79 Å². The van der Waals surface area contributed by atoms with Crippen molar-refractivity contribution in [1.82, 2.24) is 29.6 Å². The standard InChI is InChI=1S/C27H29N7O2/c35-26-23-15-29-27(31-21-5-4-19-14-28-10-8-18(19)13-21)32-25(23)34(33(26)22-6-7-22)24-3-1-2-20(30-24)12-17-9-11-36-16-17/h1-5,13,15,17,22,28H,6-12,14,16H2,(H,29,31,32). The number of hydrogen-bond acceptors (Lipinski definition) is 7. The van der Waals surface area contributed by atoms with E-state index in [1.54, 1.807) is 6.20 Å². The average molecular weight is 484 g/mol. The minimum atomic E-state index is -0.0586. The Morgan fingerprint density at radius 3 is 2.92 bits per heavy atom. The van der Waals surface area contributed by atoms with E-state index in [4.69, 9.17) is 14.7 Å². The van der Waals surface area contributed by atoms with Gasteiger partial charge in [0.1, 0.15) is 5.39 Å². The predicted octanol–water partition coefficient (Wildman–Crippen LogP) is 3.28. The van der Waals surface area contributed by atoms with Crippen LogP contribution < -0.4 is 16.2 Å². The molecule has 0 radical (unpaired) electrons. The van der Waals surface area contributed by atoms with Crippen LogP contribution in [0.1, 0.15) is 42.1 Å². The van der Waals surface area contributed by atoms with Crippen LogP contribution in [0.3, 0.4) is 0 Å². The van der Waals surface area contributed by atoms with Crippen LogP contribution in [0.5, 0.6) is 0 Å². The first-order valence-electron chi connectivity index (χ1n) is 12.9. The highest BCUT2D eigenvalue weighted by Crippen LogP contribution is 2.35. The van der Waals surface area contributed by atoms with Gasteiger partial charge in [-0.25, -0.2) is 19.3 Å². The Morgan fingerprint density at radius 2 is 2.06 bits per heavy atom. The fourth-order valence-corrected chi connectivity index (χ4v) is 5.35. The Labute approximate surface area is 208 Å². The number of nitrogens with one attached hydrogen (secondary N) is 2. The van der Waals surface area contributed by atoms with Crippen molar-refractivity contribution in [3.63, 3.8) is 0 Å². The molecule has 0 spiro atoms. The number of benzene rings is 1. The molecule has 7 rings (SSSR count). The average Bonchev–Trinajstić information content (AvgIpc) is 3.53. The summed E-state index contributed by atoms with van der Waals surface area (Å²) in [6, 6.07) is 12.6. The van der Waals surface area contributed by atoms with Gasteiger partial charge in [0.25, 0.3) is 5.56 Å². The van der Waals surface area contributed by atoms with E-state index >= 15 is 0 Å². The van der Waals surface area contributed by atoms with Crippen molar-refractivity contribution in [2.24, 2.45) is 5.92 Å². The first-order valence-corrected chi connectivity index (χ1v) is 12.9. The Hall–Kier alpha value is -3.56. The van der Waals surface area contributed by atoms with E-state index in [-0.39, 0.29) is 11.6 Å². The zero-order chi connectivity index (χ0) is 24.1. The van der Waals surface area contributed by atoms with Crippen LogP contribution in [0.25, 0.3) is 16.9 Å². The molecule has 1 atom stereocenters. The van der Waals surface area contributed by atoms with Crippen LogP contribution in [0.2, 0.25) is 0 Å². The van der Waals surface area contributed by atoms with E-state index in [0.29, 0.717) is 22.9 Å². The second kappa shape index (κ2) is 8.83. The smallest absolute Gasteiger partial charge is 0.278 e. The molecule has 1 aromatic carbocycles. The maximum absolute atomic E-state index is 13.4. The molecule has 0 amide bonds. The zero-order valence-electron chi connectivity index (χ0n) is 20.1. The molecule has 1 aliphatic carbocycles. The summed E-state index contributed by atoms with van der Waals surface area (Å²) in [5, 5.41) is 7.28. The largest absolute Gasteiger partial charge is 0.381 e. The van der Waals surface area contributed by atoms with E-state index < -0.39 is 0 Å². The van der Waals surface area contributed by atoms with Crippen LogP contribution in [-0.4, -0.2) is 44.1 Å². The van der Waals surface area contributed by atoms with Gasteiger partial charge in [0.15, 0.2) is 11.5 Å². The van der Waals surface area contributed by atoms with Gasteiger partial charge in [-0.2, -0.15) is 4.98 Å². The summed E-state index contributed by atoms with van der Waals surface area (Å²) in [5.74, 6) is 1.68. The Kier molecular flexibility index (Phi) is 5.32. The van der Waals surface area contributed by atoms with Crippen LogP contribution >= 0.6 is 0 Å². The summed E-state index contributed by atoms with van der Waals surface area (Å²) in [6.45, 7) is 3.49. The van der Waals surface area contributed by atoms with E-state index in [1.165, 1.54) is 11.1 Å². The van der Waals surface area contributed by atoms with Crippen LogP contribution in [0.15, 0.2) is 47.4 Å². The molecule has 2 aliphatic heterocycles. The zero-order valence-corrected chi connectivity index (χ0v) is 20.1. The summed E-state index contributed by atoms with van der Waals surface area (Å²) in [4.78, 5) is 27.7. The number of aromatic nitrogens is 5. The first-order chi connectivity index (χ1) is 17.7. The SMILES string of the molecule is O=c1c2cnc(Nc3ccc4c(c3)CCNC4)nc2n(-c2cccc(CC3CCOC3)n2)n1C1CC1. The molecule has 9 nitrogen and oxygen atoms in total. The molecule has 9 heteroatoms. The minimum Gasteiger partial charge on any atom is -0.381 e. The molecule has 5 heterocycles. The van der Waals surface area contributed by atoms with Gasteiger partial charge < -0.3 is 15.4 Å². The lowest BCUT2D eigenvalue weighted by atomic mass is 10.0. The van der Waals surface area contributed by atoms with Crippen molar-refractivity contribution < 1.29 is 4.74 Å². The van der Waals surface area contributed by atoms with Crippen molar-refractivity contribution in [3.8, 4) is 5.82 Å². The number of pyridine rings is 1. The molecule has 184 valence electrons. The molecule has 2 fully saturated rings. The van der Waals surface area contributed by atoms with Crippen molar-refractivity contribution in [2.75, 3.05) is 25.1 Å². The summed E-state index contributed by atoms with van der Waals surface area (Å²) in [6.07, 6.45) is 6.55. The maximum Gasteiger partial charge on any atom is 0.278 e. The highest BCUT2D eigenvalue weighted by molar-refractivity contribution is 5.77. The molecule has 2 N–H and O–H groups in total. The number of hydrogen-bond donors (Lipinski definition) is 2. The van der Waals surface area contributed by atoms with Gasteiger partial charge in [0, 0.05) is 37.3 Å². The molecule has 1 saturated carbocycles. The van der Waals surface area contributed by atoms with E-state index in [0.717, 1.165) is 75.6 Å². The minimum absolute atomic E-state index is 0.0586. The third-order valence-electron chi connectivity index (χ3n) is 7.40.